The maximum atomic E-state index is 4.29. The van der Waals surface area contributed by atoms with Crippen LogP contribution < -0.4 is 10.6 Å². The number of rotatable bonds is 5. The van der Waals surface area contributed by atoms with Gasteiger partial charge in [0.15, 0.2) is 5.96 Å². The highest BCUT2D eigenvalue weighted by atomic mass is 127. The molecule has 6 heteroatoms. The van der Waals surface area contributed by atoms with Crippen LogP contribution in [-0.4, -0.2) is 28.6 Å². The summed E-state index contributed by atoms with van der Waals surface area (Å²) in [6.07, 6.45) is 5.55. The number of hydrogen-bond donors (Lipinski definition) is 2. The lowest BCUT2D eigenvalue weighted by molar-refractivity contribution is 0.481. The zero-order chi connectivity index (χ0) is 15.9. The average molecular weight is 427 g/mol. The van der Waals surface area contributed by atoms with Crippen LogP contribution in [0.15, 0.2) is 48.0 Å². The molecule has 1 heterocycles. The van der Waals surface area contributed by atoms with E-state index in [0.29, 0.717) is 18.5 Å². The normalized spacial score (nSPS) is 12.7. The summed E-state index contributed by atoms with van der Waals surface area (Å²) in [5.74, 6) is 1.37. The number of nitrogens with one attached hydrogen (secondary N) is 2. The zero-order valence-electron chi connectivity index (χ0n) is 14.2. The minimum absolute atomic E-state index is 0. The third kappa shape index (κ3) is 5.53. The lowest BCUT2D eigenvalue weighted by Gasteiger charge is -2.21. The molecule has 2 aromatic rings. The van der Waals surface area contributed by atoms with Crippen molar-refractivity contribution in [2.75, 3.05) is 7.05 Å². The minimum atomic E-state index is 0. The summed E-state index contributed by atoms with van der Waals surface area (Å²) in [6.45, 7) is 7.26. The van der Waals surface area contributed by atoms with E-state index in [0.717, 1.165) is 11.6 Å². The maximum Gasteiger partial charge on any atom is 0.191 e. The Bertz CT molecular complexity index is 607. The molecule has 0 radical (unpaired) electrons. The topological polar surface area (TPSA) is 54.2 Å². The molecule has 2 rings (SSSR count). The molecule has 1 aromatic heterocycles. The second kappa shape index (κ2) is 9.54. The molecule has 0 amide bonds. The summed E-state index contributed by atoms with van der Waals surface area (Å²) in [6, 6.07) is 8.65. The molecule has 1 atom stereocenters. The summed E-state index contributed by atoms with van der Waals surface area (Å²) in [5.41, 5.74) is 2.32. The third-order valence-corrected chi connectivity index (χ3v) is 3.81. The summed E-state index contributed by atoms with van der Waals surface area (Å²) < 4.78 is 2.02. The number of nitrogens with zero attached hydrogens (tertiary/aromatic N) is 3. The van der Waals surface area contributed by atoms with E-state index in [2.05, 4.69) is 53.5 Å². The molecule has 1 unspecified atom stereocenters. The Kier molecular flexibility index (Phi) is 8.08. The first-order valence-corrected chi connectivity index (χ1v) is 7.65. The third-order valence-electron chi connectivity index (χ3n) is 3.81. The Morgan fingerprint density at radius 2 is 2.00 bits per heavy atom. The van der Waals surface area contributed by atoms with Crippen LogP contribution in [0, 0.1) is 5.92 Å². The van der Waals surface area contributed by atoms with E-state index < -0.39 is 0 Å². The van der Waals surface area contributed by atoms with Crippen molar-refractivity contribution in [2.45, 2.75) is 33.4 Å². The Balaban J connectivity index is 0.00000264. The Morgan fingerprint density at radius 3 is 2.61 bits per heavy atom. The molecule has 23 heavy (non-hydrogen) atoms. The molecule has 0 fully saturated rings. The van der Waals surface area contributed by atoms with Gasteiger partial charge in [-0.15, -0.1) is 24.0 Å². The predicted octanol–water partition coefficient (Wildman–Crippen LogP) is 3.20. The van der Waals surface area contributed by atoms with Crippen LogP contribution in [0.2, 0.25) is 0 Å². The standard InChI is InChI=1S/C17H25N5.HI/c1-13(2)14(3)21-17(18-4)20-11-15-7-5-6-8-16(15)22-10-9-19-12-22;/h5-10,12-14H,11H2,1-4H3,(H2,18,20,21);1H. The second-order valence-electron chi connectivity index (χ2n) is 5.70. The van der Waals surface area contributed by atoms with Gasteiger partial charge in [0.2, 0.25) is 0 Å². The number of aliphatic imine (C=N–C) groups is 1. The zero-order valence-corrected chi connectivity index (χ0v) is 16.5. The largest absolute Gasteiger partial charge is 0.354 e. The van der Waals surface area contributed by atoms with Crippen LogP contribution >= 0.6 is 24.0 Å². The molecule has 0 aliphatic heterocycles. The number of para-hydroxylation sites is 1. The molecule has 0 aliphatic rings. The number of imidazole rings is 1. The number of benzene rings is 1. The average Bonchev–Trinajstić information content (AvgIpc) is 3.05. The van der Waals surface area contributed by atoms with Gasteiger partial charge < -0.3 is 15.2 Å². The first kappa shape index (κ1) is 19.5. The molecule has 2 N–H and O–H groups in total. The number of guanidine groups is 1. The predicted molar refractivity (Wildman–Crippen MR) is 107 cm³/mol. The number of halogens is 1. The molecule has 1 aromatic carbocycles. The highest BCUT2D eigenvalue weighted by molar-refractivity contribution is 14.0. The van der Waals surface area contributed by atoms with Gasteiger partial charge in [-0.25, -0.2) is 4.98 Å². The van der Waals surface area contributed by atoms with Gasteiger partial charge >= 0.3 is 0 Å². The van der Waals surface area contributed by atoms with Gasteiger partial charge in [-0.3, -0.25) is 4.99 Å². The van der Waals surface area contributed by atoms with E-state index in [1.807, 2.05) is 29.2 Å². The van der Waals surface area contributed by atoms with Gasteiger partial charge in [0.05, 0.1) is 12.0 Å². The number of aromatic nitrogens is 2. The van der Waals surface area contributed by atoms with Gasteiger partial charge in [-0.05, 0) is 24.5 Å². The Labute approximate surface area is 155 Å². The van der Waals surface area contributed by atoms with E-state index in [1.54, 1.807) is 13.2 Å². The first-order valence-electron chi connectivity index (χ1n) is 7.65. The smallest absolute Gasteiger partial charge is 0.191 e. The van der Waals surface area contributed by atoms with Gasteiger partial charge in [0.25, 0.3) is 0 Å². The van der Waals surface area contributed by atoms with Crippen molar-refractivity contribution < 1.29 is 0 Å². The van der Waals surface area contributed by atoms with Crippen LogP contribution in [-0.2, 0) is 6.54 Å². The molecule has 0 spiro atoms. The maximum absolute atomic E-state index is 4.29. The molecule has 0 bridgehead atoms. The van der Waals surface area contributed by atoms with Crippen molar-refractivity contribution in [3.05, 3.63) is 48.5 Å². The van der Waals surface area contributed by atoms with Crippen molar-refractivity contribution in [1.82, 2.24) is 20.2 Å². The van der Waals surface area contributed by atoms with Crippen molar-refractivity contribution in [3.63, 3.8) is 0 Å². The van der Waals surface area contributed by atoms with E-state index >= 15 is 0 Å². The fourth-order valence-electron chi connectivity index (χ4n) is 2.07. The summed E-state index contributed by atoms with van der Waals surface area (Å²) in [7, 11) is 1.80. The summed E-state index contributed by atoms with van der Waals surface area (Å²) in [4.78, 5) is 8.41. The van der Waals surface area contributed by atoms with Crippen LogP contribution in [0.5, 0.6) is 0 Å². The SMILES string of the molecule is CN=C(NCc1ccccc1-n1ccnc1)NC(C)C(C)C.I. The summed E-state index contributed by atoms with van der Waals surface area (Å²) in [5, 5.41) is 6.79. The monoisotopic (exact) mass is 427 g/mol. The molecule has 0 saturated heterocycles. The minimum Gasteiger partial charge on any atom is -0.354 e. The fraction of sp³-hybridized carbons (Fsp3) is 0.412. The first-order chi connectivity index (χ1) is 10.6. The van der Waals surface area contributed by atoms with Gasteiger partial charge in [-0.2, -0.15) is 0 Å². The van der Waals surface area contributed by atoms with Crippen molar-refractivity contribution in [2.24, 2.45) is 10.9 Å². The highest BCUT2D eigenvalue weighted by Crippen LogP contribution is 2.13. The van der Waals surface area contributed by atoms with Crippen molar-refractivity contribution in [1.29, 1.82) is 0 Å². The van der Waals surface area contributed by atoms with Crippen molar-refractivity contribution in [3.8, 4) is 5.69 Å². The molecular formula is C17H26IN5. The quantitative estimate of drug-likeness (QED) is 0.438. The lowest BCUT2D eigenvalue weighted by atomic mass is 10.1. The second-order valence-corrected chi connectivity index (χ2v) is 5.70. The van der Waals surface area contributed by atoms with E-state index in [1.165, 1.54) is 5.56 Å². The van der Waals surface area contributed by atoms with Gasteiger partial charge in [-0.1, -0.05) is 32.0 Å². The van der Waals surface area contributed by atoms with E-state index in [9.17, 15) is 0 Å². The van der Waals surface area contributed by atoms with Crippen LogP contribution in [0.4, 0.5) is 0 Å². The van der Waals surface area contributed by atoms with E-state index in [4.69, 9.17) is 0 Å². The number of hydrogen-bond acceptors (Lipinski definition) is 2. The summed E-state index contributed by atoms with van der Waals surface area (Å²) >= 11 is 0. The van der Waals surface area contributed by atoms with Crippen LogP contribution in [0.3, 0.4) is 0 Å². The molecule has 0 saturated carbocycles. The lowest BCUT2D eigenvalue weighted by Crippen LogP contribution is -2.43. The van der Waals surface area contributed by atoms with Crippen molar-refractivity contribution >= 4 is 29.9 Å². The highest BCUT2D eigenvalue weighted by Gasteiger charge is 2.09. The van der Waals surface area contributed by atoms with Gasteiger partial charge in [0, 0.05) is 32.0 Å². The van der Waals surface area contributed by atoms with Crippen LogP contribution in [0.25, 0.3) is 5.69 Å². The molecule has 126 valence electrons. The fourth-order valence-corrected chi connectivity index (χ4v) is 2.07. The molecular weight excluding hydrogens is 401 g/mol. The Morgan fingerprint density at radius 1 is 1.26 bits per heavy atom. The Hall–Kier alpha value is -1.57. The molecule has 5 nitrogen and oxygen atoms in total. The molecule has 0 aliphatic carbocycles. The van der Waals surface area contributed by atoms with E-state index in [-0.39, 0.29) is 24.0 Å². The van der Waals surface area contributed by atoms with Crippen LogP contribution in [0.1, 0.15) is 26.3 Å². The van der Waals surface area contributed by atoms with Gasteiger partial charge in [0.1, 0.15) is 0 Å².